The maximum atomic E-state index is 12.5. The van der Waals surface area contributed by atoms with Gasteiger partial charge in [-0.2, -0.15) is 12.6 Å². The SMILES string of the molecule is CC(C)CC(N)C(=O)NC(CC(=O)O)C(=O)NC(CS)C(=O)NC(CC(=O)O)C(=O)O. The molecule has 0 spiro atoms. The minimum absolute atomic E-state index is 0.0674. The van der Waals surface area contributed by atoms with Crippen LogP contribution in [0.25, 0.3) is 0 Å². The van der Waals surface area contributed by atoms with Gasteiger partial charge < -0.3 is 37.0 Å². The van der Waals surface area contributed by atoms with Gasteiger partial charge in [0.25, 0.3) is 0 Å². The predicted molar refractivity (Wildman–Crippen MR) is 109 cm³/mol. The lowest BCUT2D eigenvalue weighted by atomic mass is 10.0. The Morgan fingerprint density at radius 1 is 0.774 bits per heavy atom. The van der Waals surface area contributed by atoms with Gasteiger partial charge in [0.15, 0.2) is 0 Å². The third kappa shape index (κ3) is 11.2. The lowest BCUT2D eigenvalue weighted by molar-refractivity contribution is -0.147. The Bertz CT molecular complexity index is 701. The highest BCUT2D eigenvalue weighted by Gasteiger charge is 2.31. The van der Waals surface area contributed by atoms with Crippen molar-refractivity contribution in [2.45, 2.75) is 57.3 Å². The van der Waals surface area contributed by atoms with Crippen molar-refractivity contribution in [3.8, 4) is 0 Å². The van der Waals surface area contributed by atoms with Gasteiger partial charge in [-0.25, -0.2) is 4.79 Å². The molecular weight excluding hydrogens is 436 g/mol. The molecule has 0 aliphatic carbocycles. The lowest BCUT2D eigenvalue weighted by Gasteiger charge is -2.23. The smallest absolute Gasteiger partial charge is 0.326 e. The molecule has 8 N–H and O–H groups in total. The summed E-state index contributed by atoms with van der Waals surface area (Å²) >= 11 is 3.89. The van der Waals surface area contributed by atoms with Crippen LogP contribution in [0.1, 0.15) is 33.1 Å². The average molecular weight is 464 g/mol. The topological polar surface area (TPSA) is 225 Å². The van der Waals surface area contributed by atoms with Crippen LogP contribution in [-0.4, -0.2) is 80.9 Å². The molecule has 0 aromatic carbocycles. The Kier molecular flexibility index (Phi) is 12.2. The van der Waals surface area contributed by atoms with Crippen molar-refractivity contribution in [3.63, 3.8) is 0 Å². The fraction of sp³-hybridized carbons (Fsp3) is 0.647. The Morgan fingerprint density at radius 2 is 1.19 bits per heavy atom. The summed E-state index contributed by atoms with van der Waals surface area (Å²) < 4.78 is 0. The number of rotatable bonds is 14. The van der Waals surface area contributed by atoms with Crippen LogP contribution >= 0.6 is 12.6 Å². The van der Waals surface area contributed by atoms with Gasteiger partial charge in [-0.1, -0.05) is 13.8 Å². The number of carbonyl (C=O) groups is 6. The second-order valence-corrected chi connectivity index (χ2v) is 7.50. The molecule has 0 saturated heterocycles. The molecule has 31 heavy (non-hydrogen) atoms. The molecule has 4 atom stereocenters. The summed E-state index contributed by atoms with van der Waals surface area (Å²) in [5, 5.41) is 33.1. The first-order valence-corrected chi connectivity index (χ1v) is 9.85. The van der Waals surface area contributed by atoms with Crippen molar-refractivity contribution in [3.05, 3.63) is 0 Å². The van der Waals surface area contributed by atoms with E-state index in [1.807, 2.05) is 19.2 Å². The summed E-state index contributed by atoms with van der Waals surface area (Å²) in [6, 6.07) is -5.73. The number of amides is 3. The van der Waals surface area contributed by atoms with E-state index < -0.39 is 72.6 Å². The van der Waals surface area contributed by atoms with Gasteiger partial charge in [0, 0.05) is 5.75 Å². The van der Waals surface area contributed by atoms with Crippen LogP contribution in [0.5, 0.6) is 0 Å². The summed E-state index contributed by atoms with van der Waals surface area (Å²) in [4.78, 5) is 69.8. The normalized spacial score (nSPS) is 14.6. The van der Waals surface area contributed by atoms with Gasteiger partial charge in [0.1, 0.15) is 18.1 Å². The van der Waals surface area contributed by atoms with Crippen molar-refractivity contribution < 1.29 is 44.1 Å². The van der Waals surface area contributed by atoms with Crippen molar-refractivity contribution >= 4 is 48.3 Å². The Labute approximate surface area is 183 Å². The highest BCUT2D eigenvalue weighted by atomic mass is 32.1. The van der Waals surface area contributed by atoms with Crippen molar-refractivity contribution in [2.24, 2.45) is 11.7 Å². The molecule has 0 aromatic heterocycles. The van der Waals surface area contributed by atoms with E-state index in [0.717, 1.165) is 0 Å². The number of carboxylic acid groups (broad SMARTS) is 3. The van der Waals surface area contributed by atoms with E-state index in [1.165, 1.54) is 0 Å². The van der Waals surface area contributed by atoms with Gasteiger partial charge in [-0.15, -0.1) is 0 Å². The summed E-state index contributed by atoms with van der Waals surface area (Å²) in [7, 11) is 0. The highest BCUT2D eigenvalue weighted by molar-refractivity contribution is 7.80. The zero-order valence-corrected chi connectivity index (χ0v) is 17.9. The Morgan fingerprint density at radius 3 is 1.61 bits per heavy atom. The van der Waals surface area contributed by atoms with Gasteiger partial charge in [-0.3, -0.25) is 24.0 Å². The molecule has 0 aliphatic rings. The minimum atomic E-state index is -1.76. The van der Waals surface area contributed by atoms with Crippen LogP contribution in [0.4, 0.5) is 0 Å². The number of nitrogens with one attached hydrogen (secondary N) is 3. The third-order valence-electron chi connectivity index (χ3n) is 3.88. The van der Waals surface area contributed by atoms with Gasteiger partial charge in [0.2, 0.25) is 17.7 Å². The molecular formula is C17H28N4O9S. The van der Waals surface area contributed by atoms with Crippen molar-refractivity contribution in [2.75, 3.05) is 5.75 Å². The van der Waals surface area contributed by atoms with E-state index in [2.05, 4.69) is 23.3 Å². The fourth-order valence-corrected chi connectivity index (χ4v) is 2.65. The zero-order valence-electron chi connectivity index (χ0n) is 17.0. The number of thiol groups is 1. The van der Waals surface area contributed by atoms with Crippen LogP contribution in [0.2, 0.25) is 0 Å². The number of aliphatic carboxylic acids is 3. The number of carbonyl (C=O) groups excluding carboxylic acids is 3. The first kappa shape index (κ1) is 28.1. The molecule has 13 nitrogen and oxygen atoms in total. The molecule has 0 aromatic rings. The second-order valence-electron chi connectivity index (χ2n) is 7.14. The monoisotopic (exact) mass is 464 g/mol. The third-order valence-corrected chi connectivity index (χ3v) is 4.25. The molecule has 0 bridgehead atoms. The van der Waals surface area contributed by atoms with E-state index >= 15 is 0 Å². The van der Waals surface area contributed by atoms with E-state index in [9.17, 15) is 28.8 Å². The number of nitrogens with two attached hydrogens (primary N) is 1. The van der Waals surface area contributed by atoms with Gasteiger partial charge >= 0.3 is 17.9 Å². The van der Waals surface area contributed by atoms with Crippen LogP contribution in [0, 0.1) is 5.92 Å². The largest absolute Gasteiger partial charge is 0.481 e. The van der Waals surface area contributed by atoms with Crippen molar-refractivity contribution in [1.82, 2.24) is 16.0 Å². The number of hydrogen-bond donors (Lipinski definition) is 8. The lowest BCUT2D eigenvalue weighted by Crippen LogP contribution is -2.58. The first-order valence-electron chi connectivity index (χ1n) is 9.22. The van der Waals surface area contributed by atoms with Crippen LogP contribution in [0.3, 0.4) is 0 Å². The van der Waals surface area contributed by atoms with E-state index in [1.54, 1.807) is 0 Å². The standard InChI is InChI=1S/C17H28N4O9S/c1-7(2)3-8(18)14(26)19-9(4-12(22)23)15(27)21-11(6-31)16(28)20-10(17(29)30)5-13(24)25/h7-11,31H,3-6,18H2,1-2H3,(H,19,26)(H,20,28)(H,21,27)(H,22,23)(H,24,25)(H,29,30). The molecule has 0 saturated carbocycles. The van der Waals surface area contributed by atoms with Crippen LogP contribution in [-0.2, 0) is 28.8 Å². The van der Waals surface area contributed by atoms with Gasteiger partial charge in [0.05, 0.1) is 18.9 Å². The van der Waals surface area contributed by atoms with E-state index in [-0.39, 0.29) is 18.1 Å². The average Bonchev–Trinajstić information content (AvgIpc) is 2.63. The summed E-state index contributed by atoms with van der Waals surface area (Å²) in [5.74, 6) is -7.57. The fourth-order valence-electron chi connectivity index (χ4n) is 2.39. The maximum Gasteiger partial charge on any atom is 0.326 e. The Balaban J connectivity index is 5.27. The van der Waals surface area contributed by atoms with E-state index in [4.69, 9.17) is 21.1 Å². The summed E-state index contributed by atoms with van der Waals surface area (Å²) in [6.45, 7) is 3.64. The maximum absolute atomic E-state index is 12.5. The molecule has 3 amide bonds. The molecule has 0 fully saturated rings. The highest BCUT2D eigenvalue weighted by Crippen LogP contribution is 2.04. The second kappa shape index (κ2) is 13.4. The number of carboxylic acids is 3. The molecule has 4 unspecified atom stereocenters. The molecule has 0 aliphatic heterocycles. The quantitative estimate of drug-likeness (QED) is 0.129. The molecule has 0 rings (SSSR count). The van der Waals surface area contributed by atoms with Gasteiger partial charge in [-0.05, 0) is 12.3 Å². The molecule has 0 radical (unpaired) electrons. The minimum Gasteiger partial charge on any atom is -0.481 e. The molecule has 176 valence electrons. The Hall–Kier alpha value is -2.87. The zero-order chi connectivity index (χ0) is 24.3. The van der Waals surface area contributed by atoms with Crippen molar-refractivity contribution in [1.29, 1.82) is 0 Å². The summed E-state index contributed by atoms with van der Waals surface area (Å²) in [6.07, 6.45) is -1.42. The number of hydrogen-bond acceptors (Lipinski definition) is 8. The van der Waals surface area contributed by atoms with E-state index in [0.29, 0.717) is 0 Å². The van der Waals surface area contributed by atoms with Crippen LogP contribution in [0.15, 0.2) is 0 Å². The molecule has 14 heteroatoms. The summed E-state index contributed by atoms with van der Waals surface area (Å²) in [5.41, 5.74) is 5.72. The predicted octanol–water partition coefficient (Wildman–Crippen LogP) is -2.22. The van der Waals surface area contributed by atoms with Crippen LogP contribution < -0.4 is 21.7 Å². The molecule has 0 heterocycles. The first-order chi connectivity index (χ1) is 14.3.